The molecular weight excluding hydrogens is 380 g/mol. The highest BCUT2D eigenvalue weighted by molar-refractivity contribution is 5.94. The van der Waals surface area contributed by atoms with Crippen LogP contribution in [0.25, 0.3) is 0 Å². The molecule has 3 rings (SSSR count). The van der Waals surface area contributed by atoms with Crippen LogP contribution in [0.4, 0.5) is 0 Å². The van der Waals surface area contributed by atoms with Gasteiger partial charge in [-0.1, -0.05) is 55.0 Å². The van der Waals surface area contributed by atoms with Crippen molar-refractivity contribution in [2.45, 2.75) is 70.4 Å². The summed E-state index contributed by atoms with van der Waals surface area (Å²) in [6.07, 6.45) is 10.5. The van der Waals surface area contributed by atoms with Crippen molar-refractivity contribution in [1.29, 1.82) is 0 Å². The average molecular weight is 415 g/mol. The molecule has 0 radical (unpaired) electrons. The topological polar surface area (TPSA) is 100 Å². The van der Waals surface area contributed by atoms with Gasteiger partial charge < -0.3 is 15.5 Å². The summed E-state index contributed by atoms with van der Waals surface area (Å²) >= 11 is 0. The number of aromatic nitrogens is 3. The lowest BCUT2D eigenvalue weighted by atomic mass is 9.86. The van der Waals surface area contributed by atoms with E-state index in [2.05, 4.69) is 15.6 Å². The zero-order chi connectivity index (χ0) is 21.3. The molecule has 3 N–H and O–H groups in total. The third-order valence-corrected chi connectivity index (χ3v) is 6.05. The van der Waals surface area contributed by atoms with E-state index in [0.717, 1.165) is 17.7 Å². The number of amides is 1. The molecule has 164 valence electrons. The molecule has 0 saturated heterocycles. The van der Waals surface area contributed by atoms with E-state index in [4.69, 9.17) is 0 Å². The molecule has 1 aliphatic carbocycles. The minimum Gasteiger partial charge on any atom is -0.394 e. The Kier molecular flexibility index (Phi) is 8.39. The van der Waals surface area contributed by atoms with Crippen molar-refractivity contribution in [3.63, 3.8) is 0 Å². The molecule has 1 aromatic carbocycles. The highest BCUT2D eigenvalue weighted by atomic mass is 16.3. The van der Waals surface area contributed by atoms with Gasteiger partial charge in [0.2, 0.25) is 0 Å². The molecule has 1 heterocycles. The molecule has 1 fully saturated rings. The summed E-state index contributed by atoms with van der Waals surface area (Å²) in [6, 6.07) is 6.77. The van der Waals surface area contributed by atoms with Crippen LogP contribution < -0.4 is 5.32 Å². The van der Waals surface area contributed by atoms with Crippen LogP contribution in [0.5, 0.6) is 0 Å². The van der Waals surface area contributed by atoms with E-state index in [0.29, 0.717) is 24.3 Å². The van der Waals surface area contributed by atoms with Gasteiger partial charge in [0.05, 0.1) is 31.0 Å². The summed E-state index contributed by atoms with van der Waals surface area (Å²) < 4.78 is 1.73. The minimum atomic E-state index is -0.378. The van der Waals surface area contributed by atoms with Crippen molar-refractivity contribution in [3.8, 4) is 0 Å². The Labute approximate surface area is 178 Å². The fourth-order valence-electron chi connectivity index (χ4n) is 4.24. The van der Waals surface area contributed by atoms with E-state index >= 15 is 0 Å². The molecule has 0 spiro atoms. The maximum Gasteiger partial charge on any atom is 0.251 e. The van der Waals surface area contributed by atoms with Crippen molar-refractivity contribution >= 4 is 5.91 Å². The standard InChI is InChI=1S/C23H34N4O3/c1-17-6-5-9-19(12-17)23(30)24-20(15-28)10-11-22(16-29)27-14-21(25-26-27)13-18-7-3-2-4-8-18/h5-6,9,12,14,18,20,22,28-29H,2-4,7-8,10-11,13,15-16H2,1H3,(H,24,30)/t20-,22-/m1/s1. The van der Waals surface area contributed by atoms with E-state index in [1.54, 1.807) is 10.7 Å². The summed E-state index contributed by atoms with van der Waals surface area (Å²) in [5.74, 6) is 0.487. The highest BCUT2D eigenvalue weighted by Crippen LogP contribution is 2.26. The number of hydrogen-bond donors (Lipinski definition) is 3. The minimum absolute atomic E-state index is 0.0593. The normalized spacial score (nSPS) is 16.9. The van der Waals surface area contributed by atoms with Gasteiger partial charge >= 0.3 is 0 Å². The van der Waals surface area contributed by atoms with Crippen molar-refractivity contribution < 1.29 is 15.0 Å². The van der Waals surface area contributed by atoms with Crippen LogP contribution in [0.15, 0.2) is 30.5 Å². The van der Waals surface area contributed by atoms with Gasteiger partial charge in [-0.2, -0.15) is 0 Å². The van der Waals surface area contributed by atoms with Gasteiger partial charge in [0.1, 0.15) is 0 Å². The molecule has 1 aromatic heterocycles. The third-order valence-electron chi connectivity index (χ3n) is 6.05. The zero-order valence-corrected chi connectivity index (χ0v) is 17.8. The first-order chi connectivity index (χ1) is 14.6. The summed E-state index contributed by atoms with van der Waals surface area (Å²) in [6.45, 7) is 1.73. The molecular formula is C23H34N4O3. The molecule has 0 bridgehead atoms. The second-order valence-electron chi connectivity index (χ2n) is 8.53. The molecule has 0 aliphatic heterocycles. The zero-order valence-electron chi connectivity index (χ0n) is 17.8. The maximum absolute atomic E-state index is 12.4. The number of nitrogens with one attached hydrogen (secondary N) is 1. The van der Waals surface area contributed by atoms with Gasteiger partial charge in [0.15, 0.2) is 0 Å². The monoisotopic (exact) mass is 414 g/mol. The predicted octanol–water partition coefficient (Wildman–Crippen LogP) is 2.81. The molecule has 1 saturated carbocycles. The number of rotatable bonds is 10. The van der Waals surface area contributed by atoms with E-state index < -0.39 is 0 Å². The van der Waals surface area contributed by atoms with Crippen LogP contribution in [0, 0.1) is 12.8 Å². The quantitative estimate of drug-likeness (QED) is 0.555. The summed E-state index contributed by atoms with van der Waals surface area (Å²) in [5.41, 5.74) is 2.57. The Morgan fingerprint density at radius 1 is 1.20 bits per heavy atom. The first-order valence-corrected chi connectivity index (χ1v) is 11.1. The third kappa shape index (κ3) is 6.37. The van der Waals surface area contributed by atoms with E-state index in [9.17, 15) is 15.0 Å². The number of aliphatic hydroxyl groups is 2. The first-order valence-electron chi connectivity index (χ1n) is 11.1. The van der Waals surface area contributed by atoms with E-state index in [1.807, 2.05) is 31.3 Å². The Balaban J connectivity index is 1.52. The Morgan fingerprint density at radius 2 is 2.00 bits per heavy atom. The molecule has 2 aromatic rings. The van der Waals surface area contributed by atoms with E-state index in [-0.39, 0.29) is 31.2 Å². The summed E-state index contributed by atoms with van der Waals surface area (Å²) in [7, 11) is 0. The average Bonchev–Trinajstić information content (AvgIpc) is 3.22. The fourth-order valence-corrected chi connectivity index (χ4v) is 4.24. The molecule has 1 aliphatic rings. The second-order valence-corrected chi connectivity index (χ2v) is 8.53. The van der Waals surface area contributed by atoms with Gasteiger partial charge in [-0.25, -0.2) is 4.68 Å². The molecule has 2 atom stereocenters. The van der Waals surface area contributed by atoms with Crippen LogP contribution in [0.3, 0.4) is 0 Å². The van der Waals surface area contributed by atoms with Gasteiger partial charge in [-0.05, 0) is 44.2 Å². The lowest BCUT2D eigenvalue weighted by Crippen LogP contribution is -2.38. The van der Waals surface area contributed by atoms with Gasteiger partial charge in [-0.15, -0.1) is 5.10 Å². The maximum atomic E-state index is 12.4. The van der Waals surface area contributed by atoms with Crippen molar-refractivity contribution in [2.24, 2.45) is 5.92 Å². The lowest BCUT2D eigenvalue weighted by Gasteiger charge is -2.20. The molecule has 7 nitrogen and oxygen atoms in total. The smallest absolute Gasteiger partial charge is 0.251 e. The number of hydrogen-bond acceptors (Lipinski definition) is 5. The molecule has 7 heteroatoms. The fraction of sp³-hybridized carbons (Fsp3) is 0.609. The van der Waals surface area contributed by atoms with Gasteiger partial charge in [0.25, 0.3) is 5.91 Å². The number of carbonyl (C=O) groups is 1. The molecule has 30 heavy (non-hydrogen) atoms. The van der Waals surface area contributed by atoms with Gasteiger partial charge in [-0.3, -0.25) is 4.79 Å². The number of aliphatic hydroxyl groups excluding tert-OH is 2. The van der Waals surface area contributed by atoms with Crippen LogP contribution in [0.1, 0.15) is 72.6 Å². The largest absolute Gasteiger partial charge is 0.394 e. The molecule has 0 unspecified atom stereocenters. The van der Waals surface area contributed by atoms with Crippen LogP contribution in [-0.2, 0) is 6.42 Å². The summed E-state index contributed by atoms with van der Waals surface area (Å²) in [4.78, 5) is 12.4. The Bertz CT molecular complexity index is 801. The Hall–Kier alpha value is -2.25. The second kappa shape index (κ2) is 11.2. The summed E-state index contributed by atoms with van der Waals surface area (Å²) in [5, 5.41) is 31.0. The van der Waals surface area contributed by atoms with Crippen molar-refractivity contribution in [3.05, 3.63) is 47.3 Å². The number of carbonyl (C=O) groups excluding carboxylic acids is 1. The van der Waals surface area contributed by atoms with Crippen molar-refractivity contribution in [1.82, 2.24) is 20.3 Å². The predicted molar refractivity (Wildman–Crippen MR) is 115 cm³/mol. The number of aryl methyl sites for hydroxylation is 1. The SMILES string of the molecule is Cc1cccc(C(=O)N[C@@H](CO)CC[C@H](CO)n2cc(CC3CCCCC3)nn2)c1. The highest BCUT2D eigenvalue weighted by Gasteiger charge is 2.20. The van der Waals surface area contributed by atoms with Crippen LogP contribution in [-0.4, -0.2) is 50.4 Å². The first kappa shape index (κ1) is 22.4. The lowest BCUT2D eigenvalue weighted by molar-refractivity contribution is 0.0908. The van der Waals surface area contributed by atoms with Gasteiger partial charge in [0, 0.05) is 11.8 Å². The van der Waals surface area contributed by atoms with Crippen LogP contribution >= 0.6 is 0 Å². The van der Waals surface area contributed by atoms with Crippen molar-refractivity contribution in [2.75, 3.05) is 13.2 Å². The molecule has 1 amide bonds. The Morgan fingerprint density at radius 3 is 2.70 bits per heavy atom. The number of benzene rings is 1. The van der Waals surface area contributed by atoms with Crippen LogP contribution in [0.2, 0.25) is 0 Å². The number of nitrogens with zero attached hydrogens (tertiary/aromatic N) is 3. The van der Waals surface area contributed by atoms with E-state index in [1.165, 1.54) is 32.1 Å².